The number of hydrogen-bond acceptors (Lipinski definition) is 4. The second-order valence-electron chi connectivity index (χ2n) is 5.47. The van der Waals surface area contributed by atoms with Gasteiger partial charge in [0.05, 0.1) is 18.8 Å². The molecule has 0 bridgehead atoms. The van der Waals surface area contributed by atoms with Gasteiger partial charge in [-0.25, -0.2) is 4.98 Å². The Bertz CT molecular complexity index is 1040. The van der Waals surface area contributed by atoms with Crippen molar-refractivity contribution in [2.45, 2.75) is 6.54 Å². The van der Waals surface area contributed by atoms with Crippen LogP contribution in [0.15, 0.2) is 53.3 Å². The fourth-order valence-corrected chi connectivity index (χ4v) is 2.85. The van der Waals surface area contributed by atoms with E-state index in [4.69, 9.17) is 23.2 Å². The first kappa shape index (κ1) is 18.2. The van der Waals surface area contributed by atoms with E-state index < -0.39 is 5.56 Å². The van der Waals surface area contributed by atoms with Gasteiger partial charge >= 0.3 is 0 Å². The Labute approximate surface area is 159 Å². The molecule has 3 aromatic rings. The Morgan fingerprint density at radius 3 is 2.04 bits per heavy atom. The molecule has 0 saturated heterocycles. The monoisotopic (exact) mass is 385 g/mol. The van der Waals surface area contributed by atoms with Gasteiger partial charge in [-0.3, -0.25) is 9.36 Å². The van der Waals surface area contributed by atoms with E-state index in [-0.39, 0.29) is 24.4 Å². The smallest absolute Gasteiger partial charge is 0.272 e. The number of rotatable bonds is 4. The Morgan fingerprint density at radius 1 is 1.00 bits per heavy atom. The van der Waals surface area contributed by atoms with Crippen molar-refractivity contribution < 1.29 is 5.11 Å². The summed E-state index contributed by atoms with van der Waals surface area (Å²) in [4.78, 5) is 17.4. The molecule has 0 aliphatic heterocycles. The molecule has 5 nitrogen and oxygen atoms in total. The molecule has 0 radical (unpaired) electrons. The normalized spacial score (nSPS) is 10.5. The third-order valence-electron chi connectivity index (χ3n) is 3.82. The lowest BCUT2D eigenvalue weighted by Gasteiger charge is -2.14. The van der Waals surface area contributed by atoms with Gasteiger partial charge in [-0.05, 0) is 36.4 Å². The molecular weight excluding hydrogens is 373 g/mol. The molecule has 0 aliphatic carbocycles. The zero-order valence-corrected chi connectivity index (χ0v) is 15.0. The van der Waals surface area contributed by atoms with Crippen molar-refractivity contribution >= 4 is 23.2 Å². The Balaban J connectivity index is 2.32. The van der Waals surface area contributed by atoms with E-state index in [1.165, 1.54) is 4.57 Å². The van der Waals surface area contributed by atoms with Gasteiger partial charge in [0.25, 0.3) is 5.56 Å². The van der Waals surface area contributed by atoms with Crippen LogP contribution >= 0.6 is 23.2 Å². The van der Waals surface area contributed by atoms with Crippen molar-refractivity contribution in [1.82, 2.24) is 9.55 Å². The van der Waals surface area contributed by atoms with E-state index in [1.54, 1.807) is 48.5 Å². The number of aromatic nitrogens is 2. The van der Waals surface area contributed by atoms with Crippen molar-refractivity contribution in [3.8, 4) is 28.7 Å². The number of aliphatic hydroxyl groups is 1. The van der Waals surface area contributed by atoms with Crippen molar-refractivity contribution in [1.29, 1.82) is 5.26 Å². The highest BCUT2D eigenvalue weighted by molar-refractivity contribution is 6.30. The lowest BCUT2D eigenvalue weighted by atomic mass is 10.1. The summed E-state index contributed by atoms with van der Waals surface area (Å²) in [6, 6.07) is 15.5. The highest BCUT2D eigenvalue weighted by atomic mass is 35.5. The fraction of sp³-hybridized carbons (Fsp3) is 0.105. The minimum Gasteiger partial charge on any atom is -0.395 e. The summed E-state index contributed by atoms with van der Waals surface area (Å²) in [5, 5.41) is 19.9. The summed E-state index contributed by atoms with van der Waals surface area (Å²) in [7, 11) is 0. The molecule has 26 heavy (non-hydrogen) atoms. The molecule has 130 valence electrons. The maximum atomic E-state index is 12.8. The van der Waals surface area contributed by atoms with Gasteiger partial charge in [0.2, 0.25) is 0 Å². The fourth-order valence-electron chi connectivity index (χ4n) is 2.60. The average Bonchev–Trinajstić information content (AvgIpc) is 2.65. The van der Waals surface area contributed by atoms with Crippen LogP contribution in [0, 0.1) is 11.3 Å². The second-order valence-corrected chi connectivity index (χ2v) is 6.34. The summed E-state index contributed by atoms with van der Waals surface area (Å²) in [6.07, 6.45) is 0. The van der Waals surface area contributed by atoms with Crippen LogP contribution in [0.2, 0.25) is 10.0 Å². The molecular formula is C19H13Cl2N3O2. The third-order valence-corrected chi connectivity index (χ3v) is 4.33. The van der Waals surface area contributed by atoms with Crippen LogP contribution in [-0.2, 0) is 6.54 Å². The minimum absolute atomic E-state index is 0.0272. The molecule has 1 heterocycles. The lowest BCUT2D eigenvalue weighted by molar-refractivity contribution is 0.274. The number of benzene rings is 2. The van der Waals surface area contributed by atoms with Crippen LogP contribution in [0.25, 0.3) is 22.6 Å². The first-order valence-corrected chi connectivity index (χ1v) is 8.48. The van der Waals surface area contributed by atoms with Gasteiger partial charge in [0, 0.05) is 21.2 Å². The summed E-state index contributed by atoms with van der Waals surface area (Å²) in [5.41, 5.74) is 0.937. The van der Waals surface area contributed by atoms with Gasteiger partial charge in [0.1, 0.15) is 17.5 Å². The predicted octanol–water partition coefficient (Wildman–Crippen LogP) is 3.75. The van der Waals surface area contributed by atoms with Crippen molar-refractivity contribution in [2.24, 2.45) is 0 Å². The predicted molar refractivity (Wildman–Crippen MR) is 101 cm³/mol. The summed E-state index contributed by atoms with van der Waals surface area (Å²) in [5.74, 6) is 0.352. The number of nitrogens with zero attached hydrogens (tertiary/aromatic N) is 3. The quantitative estimate of drug-likeness (QED) is 0.741. The van der Waals surface area contributed by atoms with Gasteiger partial charge < -0.3 is 5.11 Å². The molecule has 3 rings (SSSR count). The minimum atomic E-state index is -0.508. The van der Waals surface area contributed by atoms with Crippen LogP contribution < -0.4 is 5.56 Å². The maximum Gasteiger partial charge on any atom is 0.272 e. The first-order chi connectivity index (χ1) is 12.5. The largest absolute Gasteiger partial charge is 0.395 e. The summed E-state index contributed by atoms with van der Waals surface area (Å²) < 4.78 is 1.29. The van der Waals surface area contributed by atoms with Gasteiger partial charge in [-0.15, -0.1) is 0 Å². The van der Waals surface area contributed by atoms with Crippen LogP contribution in [-0.4, -0.2) is 21.3 Å². The van der Waals surface area contributed by atoms with E-state index in [2.05, 4.69) is 4.98 Å². The van der Waals surface area contributed by atoms with E-state index in [9.17, 15) is 15.2 Å². The highest BCUT2D eigenvalue weighted by Gasteiger charge is 2.18. The van der Waals surface area contributed by atoms with Crippen LogP contribution in [0.5, 0.6) is 0 Å². The SMILES string of the molecule is N#Cc1c(-c2ccc(Cl)cc2)nc(-c2ccc(Cl)cc2)n(CCO)c1=O. The Kier molecular flexibility index (Phi) is 5.38. The number of halogens is 2. The molecule has 0 amide bonds. The molecule has 2 aromatic carbocycles. The topological polar surface area (TPSA) is 78.9 Å². The molecule has 1 aromatic heterocycles. The maximum absolute atomic E-state index is 12.8. The van der Waals surface area contributed by atoms with Gasteiger partial charge in [-0.2, -0.15) is 5.26 Å². The van der Waals surface area contributed by atoms with E-state index in [1.807, 2.05) is 6.07 Å². The van der Waals surface area contributed by atoms with Crippen LogP contribution in [0.4, 0.5) is 0 Å². The molecule has 0 saturated carbocycles. The number of aliphatic hydroxyl groups excluding tert-OH is 1. The summed E-state index contributed by atoms with van der Waals surface area (Å²) in [6.45, 7) is -0.229. The number of hydrogen-bond donors (Lipinski definition) is 1. The molecule has 0 fully saturated rings. The zero-order valence-electron chi connectivity index (χ0n) is 13.5. The Morgan fingerprint density at radius 2 is 1.54 bits per heavy atom. The van der Waals surface area contributed by atoms with Crippen molar-refractivity contribution in [2.75, 3.05) is 6.61 Å². The zero-order chi connectivity index (χ0) is 18.7. The average molecular weight is 386 g/mol. The molecule has 0 unspecified atom stereocenters. The van der Waals surface area contributed by atoms with Crippen molar-refractivity contribution in [3.05, 3.63) is 74.5 Å². The highest BCUT2D eigenvalue weighted by Crippen LogP contribution is 2.26. The Hall–Kier alpha value is -2.65. The standard InChI is InChI=1S/C19H13Cl2N3O2/c20-14-5-1-12(2-6-14)17-16(11-22)19(26)24(9-10-25)18(23-17)13-3-7-15(21)8-4-13/h1-8,25H,9-10H2. The molecule has 0 aliphatic rings. The van der Waals surface area contributed by atoms with Crippen LogP contribution in [0.1, 0.15) is 5.56 Å². The van der Waals surface area contributed by atoms with Crippen molar-refractivity contribution in [3.63, 3.8) is 0 Å². The third kappa shape index (κ3) is 3.49. The van der Waals surface area contributed by atoms with E-state index >= 15 is 0 Å². The molecule has 1 N–H and O–H groups in total. The number of nitriles is 1. The molecule has 0 spiro atoms. The molecule has 7 heteroatoms. The van der Waals surface area contributed by atoms with Gasteiger partial charge in [0.15, 0.2) is 0 Å². The first-order valence-electron chi connectivity index (χ1n) is 7.73. The molecule has 0 atom stereocenters. The van der Waals surface area contributed by atoms with E-state index in [0.29, 0.717) is 27.0 Å². The second kappa shape index (κ2) is 7.71. The van der Waals surface area contributed by atoms with E-state index in [0.717, 1.165) is 0 Å². The van der Waals surface area contributed by atoms with Crippen LogP contribution in [0.3, 0.4) is 0 Å². The lowest BCUT2D eigenvalue weighted by Crippen LogP contribution is -2.28. The summed E-state index contributed by atoms with van der Waals surface area (Å²) >= 11 is 11.9. The van der Waals surface area contributed by atoms with Gasteiger partial charge in [-0.1, -0.05) is 35.3 Å².